The Morgan fingerprint density at radius 1 is 1.32 bits per heavy atom. The minimum atomic E-state index is 0.433. The summed E-state index contributed by atoms with van der Waals surface area (Å²) in [5.41, 5.74) is 2.62. The molecule has 0 aliphatic carbocycles. The van der Waals surface area contributed by atoms with Gasteiger partial charge in [0.25, 0.3) is 0 Å². The fraction of sp³-hybridized carbons (Fsp3) is 0.467. The molecule has 0 fully saturated rings. The second kappa shape index (κ2) is 8.83. The Bertz CT molecular complexity index is 405. The fourth-order valence-corrected chi connectivity index (χ4v) is 1.70. The van der Waals surface area contributed by atoms with Gasteiger partial charge in [-0.25, -0.2) is 0 Å². The van der Waals surface area contributed by atoms with Crippen LogP contribution in [0, 0.1) is 5.92 Å². The van der Waals surface area contributed by atoms with Gasteiger partial charge < -0.3 is 14.8 Å². The van der Waals surface area contributed by atoms with E-state index < -0.39 is 0 Å². The van der Waals surface area contributed by atoms with E-state index in [9.17, 15) is 0 Å². The highest BCUT2D eigenvalue weighted by Crippen LogP contribution is 2.28. The zero-order chi connectivity index (χ0) is 14.1. The topological polar surface area (TPSA) is 30.5 Å². The molecule has 0 aliphatic rings. The third-order valence-corrected chi connectivity index (χ3v) is 2.71. The summed E-state index contributed by atoms with van der Waals surface area (Å²) in [6.07, 6.45) is 1.74. The predicted octanol–water partition coefficient (Wildman–Crippen LogP) is 3.57. The molecule has 0 heterocycles. The van der Waals surface area contributed by atoms with E-state index in [1.807, 2.05) is 18.2 Å². The zero-order valence-electron chi connectivity index (χ0n) is 11.8. The molecule has 1 aromatic carbocycles. The highest BCUT2D eigenvalue weighted by molar-refractivity contribution is 6.25. The maximum atomic E-state index is 5.61. The molecule has 0 aromatic heterocycles. The van der Waals surface area contributed by atoms with Crippen molar-refractivity contribution in [2.24, 2.45) is 5.92 Å². The van der Waals surface area contributed by atoms with Gasteiger partial charge in [-0.05, 0) is 36.2 Å². The number of ether oxygens (including phenoxy) is 2. The van der Waals surface area contributed by atoms with Gasteiger partial charge in [-0.15, -0.1) is 0 Å². The Balaban J connectivity index is 2.65. The van der Waals surface area contributed by atoms with Crippen LogP contribution in [0.5, 0.6) is 11.5 Å². The van der Waals surface area contributed by atoms with Crippen molar-refractivity contribution in [2.45, 2.75) is 20.4 Å². The van der Waals surface area contributed by atoms with E-state index in [0.29, 0.717) is 12.5 Å². The molecule has 0 bridgehead atoms. The maximum absolute atomic E-state index is 5.61. The van der Waals surface area contributed by atoms with Crippen LogP contribution >= 0.6 is 11.6 Å². The highest BCUT2D eigenvalue weighted by atomic mass is 35.5. The Labute approximate surface area is 120 Å². The van der Waals surface area contributed by atoms with Crippen LogP contribution < -0.4 is 14.8 Å². The van der Waals surface area contributed by atoms with Crippen LogP contribution in [0.3, 0.4) is 0 Å². The molecule has 1 rings (SSSR count). The summed E-state index contributed by atoms with van der Waals surface area (Å²) in [6.45, 7) is 6.63. The minimum absolute atomic E-state index is 0.433. The molecule has 4 heteroatoms. The van der Waals surface area contributed by atoms with Crippen molar-refractivity contribution in [2.75, 3.05) is 20.3 Å². The summed E-state index contributed by atoms with van der Waals surface area (Å²) in [4.78, 5) is 0. The molecule has 0 spiro atoms. The number of rotatable bonds is 8. The highest BCUT2D eigenvalue weighted by Gasteiger charge is 2.05. The number of halogens is 1. The summed E-state index contributed by atoms with van der Waals surface area (Å²) in [5, 5.41) is 3.40. The smallest absolute Gasteiger partial charge is 0.161 e. The molecule has 0 amide bonds. The third kappa shape index (κ3) is 5.99. The first-order chi connectivity index (χ1) is 9.17. The van der Waals surface area contributed by atoms with Crippen molar-refractivity contribution >= 4 is 11.6 Å². The zero-order valence-corrected chi connectivity index (χ0v) is 12.5. The number of hydrogen-bond acceptors (Lipinski definition) is 3. The quantitative estimate of drug-likeness (QED) is 0.791. The molecule has 1 N–H and O–H groups in total. The molecule has 0 saturated heterocycles. The van der Waals surface area contributed by atoms with Crippen molar-refractivity contribution in [3.63, 3.8) is 0 Å². The van der Waals surface area contributed by atoms with Gasteiger partial charge in [0.05, 0.1) is 7.11 Å². The van der Waals surface area contributed by atoms with Gasteiger partial charge in [-0.2, -0.15) is 0 Å². The molecule has 0 atom stereocenters. The molecule has 3 nitrogen and oxygen atoms in total. The maximum Gasteiger partial charge on any atom is 0.161 e. The second-order valence-electron chi connectivity index (χ2n) is 4.68. The van der Waals surface area contributed by atoms with Crippen LogP contribution in [0.15, 0.2) is 29.8 Å². The van der Waals surface area contributed by atoms with Crippen LogP contribution in [0.25, 0.3) is 0 Å². The lowest BCUT2D eigenvalue weighted by molar-refractivity contribution is 0.326. The summed E-state index contributed by atoms with van der Waals surface area (Å²) < 4.78 is 10.9. The van der Waals surface area contributed by atoms with E-state index in [2.05, 4.69) is 19.2 Å². The Morgan fingerprint density at radius 3 is 2.74 bits per heavy atom. The fourth-order valence-electron chi connectivity index (χ4n) is 1.62. The molecule has 0 aliphatic heterocycles. The lowest BCUT2D eigenvalue weighted by Gasteiger charge is -2.12. The molecule has 0 unspecified atom stereocenters. The predicted molar refractivity (Wildman–Crippen MR) is 80.0 cm³/mol. The summed E-state index contributed by atoms with van der Waals surface area (Å²) in [5.74, 6) is 2.11. The Morgan fingerprint density at radius 2 is 2.11 bits per heavy atom. The van der Waals surface area contributed by atoms with Gasteiger partial charge >= 0.3 is 0 Å². The lowest BCUT2D eigenvalue weighted by Crippen LogP contribution is -2.18. The number of benzene rings is 1. The third-order valence-electron chi connectivity index (χ3n) is 2.53. The van der Waals surface area contributed by atoms with Crippen molar-refractivity contribution < 1.29 is 9.47 Å². The SMILES string of the molecule is COc1ccc(CNCC(C)C)cc1OCC=CCl. The molecular weight excluding hydrogens is 262 g/mol. The van der Waals surface area contributed by atoms with Crippen molar-refractivity contribution in [1.29, 1.82) is 0 Å². The summed E-state index contributed by atoms with van der Waals surface area (Å²) in [7, 11) is 1.64. The molecule has 106 valence electrons. The van der Waals surface area contributed by atoms with E-state index in [1.54, 1.807) is 13.2 Å². The first-order valence-corrected chi connectivity index (χ1v) is 6.86. The Hall–Kier alpha value is -1.19. The van der Waals surface area contributed by atoms with Crippen LogP contribution in [-0.2, 0) is 6.54 Å². The monoisotopic (exact) mass is 283 g/mol. The summed E-state index contributed by atoms with van der Waals surface area (Å²) in [6, 6.07) is 5.96. The largest absolute Gasteiger partial charge is 0.493 e. The molecule has 0 radical (unpaired) electrons. The first-order valence-electron chi connectivity index (χ1n) is 6.43. The van der Waals surface area contributed by atoms with Gasteiger partial charge in [0.2, 0.25) is 0 Å². The average molecular weight is 284 g/mol. The minimum Gasteiger partial charge on any atom is -0.493 e. The van der Waals surface area contributed by atoms with Crippen LogP contribution in [0.2, 0.25) is 0 Å². The van der Waals surface area contributed by atoms with Gasteiger partial charge in [-0.1, -0.05) is 31.5 Å². The summed E-state index contributed by atoms with van der Waals surface area (Å²) >= 11 is 5.47. The van der Waals surface area contributed by atoms with E-state index in [-0.39, 0.29) is 0 Å². The molecular formula is C15H22ClNO2. The molecule has 0 saturated carbocycles. The number of nitrogens with one attached hydrogen (secondary N) is 1. The van der Waals surface area contributed by atoms with Crippen molar-refractivity contribution in [3.8, 4) is 11.5 Å². The van der Waals surface area contributed by atoms with Crippen LogP contribution in [0.4, 0.5) is 0 Å². The average Bonchev–Trinajstić information content (AvgIpc) is 2.39. The van der Waals surface area contributed by atoms with Gasteiger partial charge in [0, 0.05) is 12.1 Å². The number of hydrogen-bond donors (Lipinski definition) is 1. The lowest BCUT2D eigenvalue weighted by atomic mass is 10.2. The molecule has 19 heavy (non-hydrogen) atoms. The normalized spacial score (nSPS) is 11.2. The van der Waals surface area contributed by atoms with E-state index >= 15 is 0 Å². The van der Waals surface area contributed by atoms with Crippen LogP contribution in [0.1, 0.15) is 19.4 Å². The second-order valence-corrected chi connectivity index (χ2v) is 4.93. The first kappa shape index (κ1) is 15.9. The standard InChI is InChI=1S/C15H22ClNO2/c1-12(2)10-17-11-13-5-6-14(18-3)15(9-13)19-8-4-7-16/h4-7,9,12,17H,8,10-11H2,1-3H3. The van der Waals surface area contributed by atoms with Crippen molar-refractivity contribution in [3.05, 3.63) is 35.4 Å². The van der Waals surface area contributed by atoms with E-state index in [4.69, 9.17) is 21.1 Å². The number of methoxy groups -OCH3 is 1. The Kier molecular flexibility index (Phi) is 7.38. The van der Waals surface area contributed by atoms with E-state index in [0.717, 1.165) is 24.6 Å². The van der Waals surface area contributed by atoms with Crippen molar-refractivity contribution in [1.82, 2.24) is 5.32 Å². The molecule has 1 aromatic rings. The van der Waals surface area contributed by atoms with Gasteiger partial charge in [0.1, 0.15) is 6.61 Å². The van der Waals surface area contributed by atoms with Gasteiger partial charge in [-0.3, -0.25) is 0 Å². The van der Waals surface area contributed by atoms with Gasteiger partial charge in [0.15, 0.2) is 11.5 Å². The van der Waals surface area contributed by atoms with Crippen LogP contribution in [-0.4, -0.2) is 20.3 Å². The van der Waals surface area contributed by atoms with E-state index in [1.165, 1.54) is 11.1 Å².